The van der Waals surface area contributed by atoms with Crippen molar-refractivity contribution in [3.63, 3.8) is 0 Å². The molecule has 0 aromatic rings. The highest BCUT2D eigenvalue weighted by Gasteiger charge is 2.23. The van der Waals surface area contributed by atoms with Gasteiger partial charge < -0.3 is 28.8 Å². The lowest BCUT2D eigenvalue weighted by Gasteiger charge is -2.16. The molecule has 6 heteroatoms. The summed E-state index contributed by atoms with van der Waals surface area (Å²) < 4.78 is 26.0. The first-order valence-electron chi connectivity index (χ1n) is 6.82. The summed E-state index contributed by atoms with van der Waals surface area (Å²) in [6, 6.07) is 0. The molecule has 1 N–H and O–H groups in total. The maximum absolute atomic E-state index is 9.79. The molecule has 114 valence electrons. The molecule has 1 rings (SSSR count). The van der Waals surface area contributed by atoms with E-state index in [0.717, 1.165) is 13.0 Å². The van der Waals surface area contributed by atoms with E-state index in [1.54, 1.807) is 7.11 Å². The second-order valence-corrected chi connectivity index (χ2v) is 4.48. The molecule has 2 unspecified atom stereocenters. The van der Waals surface area contributed by atoms with E-state index in [-0.39, 0.29) is 5.92 Å². The first-order valence-corrected chi connectivity index (χ1v) is 6.82. The Labute approximate surface area is 114 Å². The van der Waals surface area contributed by atoms with Crippen molar-refractivity contribution in [2.45, 2.75) is 12.5 Å². The third-order valence-corrected chi connectivity index (χ3v) is 2.97. The molecule has 0 aromatic heterocycles. The third kappa shape index (κ3) is 8.52. The molecule has 0 amide bonds. The average molecular weight is 278 g/mol. The van der Waals surface area contributed by atoms with Crippen molar-refractivity contribution in [1.29, 1.82) is 0 Å². The lowest BCUT2D eigenvalue weighted by Crippen LogP contribution is -2.26. The van der Waals surface area contributed by atoms with Crippen LogP contribution < -0.4 is 0 Å². The van der Waals surface area contributed by atoms with Gasteiger partial charge in [-0.05, 0) is 6.42 Å². The molecule has 1 aliphatic rings. The standard InChI is InChI=1S/C13H26O6/c1-15-4-5-16-6-7-17-8-9-19-11-13(14)12-2-3-18-10-12/h12-14H,2-11H2,1H3. The molecule has 0 bridgehead atoms. The normalized spacial score (nSPS) is 20.8. The fourth-order valence-electron chi connectivity index (χ4n) is 1.78. The van der Waals surface area contributed by atoms with Gasteiger partial charge in [-0.15, -0.1) is 0 Å². The van der Waals surface area contributed by atoms with Crippen molar-refractivity contribution in [2.75, 3.05) is 66.6 Å². The number of hydrogen-bond acceptors (Lipinski definition) is 6. The molecule has 0 saturated carbocycles. The number of aliphatic hydroxyl groups excluding tert-OH is 1. The van der Waals surface area contributed by atoms with E-state index in [1.807, 2.05) is 0 Å². The zero-order valence-corrected chi connectivity index (χ0v) is 11.7. The van der Waals surface area contributed by atoms with E-state index >= 15 is 0 Å². The number of hydrogen-bond donors (Lipinski definition) is 1. The summed E-state index contributed by atoms with van der Waals surface area (Å²) in [5.41, 5.74) is 0. The van der Waals surface area contributed by atoms with Gasteiger partial charge in [0.25, 0.3) is 0 Å². The molecule has 1 heterocycles. The van der Waals surface area contributed by atoms with E-state index in [2.05, 4.69) is 0 Å². The molecule has 1 aliphatic heterocycles. The zero-order valence-electron chi connectivity index (χ0n) is 11.7. The highest BCUT2D eigenvalue weighted by molar-refractivity contribution is 4.72. The number of aliphatic hydroxyl groups is 1. The number of ether oxygens (including phenoxy) is 5. The van der Waals surface area contributed by atoms with Crippen LogP contribution in [0.4, 0.5) is 0 Å². The lowest BCUT2D eigenvalue weighted by molar-refractivity contribution is -0.0280. The Morgan fingerprint density at radius 2 is 1.68 bits per heavy atom. The molecule has 1 saturated heterocycles. The van der Waals surface area contributed by atoms with Crippen LogP contribution in [0.3, 0.4) is 0 Å². The first-order chi connectivity index (χ1) is 9.34. The van der Waals surface area contributed by atoms with E-state index in [1.165, 1.54) is 0 Å². The molecule has 1 fully saturated rings. The Morgan fingerprint density at radius 3 is 2.26 bits per heavy atom. The molecule has 6 nitrogen and oxygen atoms in total. The number of rotatable bonds is 12. The van der Waals surface area contributed by atoms with Gasteiger partial charge in [-0.25, -0.2) is 0 Å². The number of methoxy groups -OCH3 is 1. The predicted molar refractivity (Wildman–Crippen MR) is 69.3 cm³/mol. The quantitative estimate of drug-likeness (QED) is 0.510. The van der Waals surface area contributed by atoms with Crippen LogP contribution in [0, 0.1) is 5.92 Å². The summed E-state index contributed by atoms with van der Waals surface area (Å²) in [7, 11) is 1.64. The van der Waals surface area contributed by atoms with Gasteiger partial charge in [0.2, 0.25) is 0 Å². The van der Waals surface area contributed by atoms with Gasteiger partial charge in [0, 0.05) is 19.6 Å². The Balaban J connectivity index is 1.78. The summed E-state index contributed by atoms with van der Waals surface area (Å²) in [4.78, 5) is 0. The van der Waals surface area contributed by atoms with Crippen molar-refractivity contribution >= 4 is 0 Å². The van der Waals surface area contributed by atoms with Crippen LogP contribution in [-0.2, 0) is 23.7 Å². The monoisotopic (exact) mass is 278 g/mol. The van der Waals surface area contributed by atoms with Gasteiger partial charge in [-0.2, -0.15) is 0 Å². The Hall–Kier alpha value is -0.240. The summed E-state index contributed by atoms with van der Waals surface area (Å²) in [5, 5.41) is 9.79. The molecule has 0 aromatic carbocycles. The maximum Gasteiger partial charge on any atom is 0.0824 e. The largest absolute Gasteiger partial charge is 0.390 e. The first kappa shape index (κ1) is 16.8. The van der Waals surface area contributed by atoms with E-state index in [4.69, 9.17) is 23.7 Å². The zero-order chi connectivity index (χ0) is 13.8. The summed E-state index contributed by atoms with van der Waals surface area (Å²) in [5.74, 6) is 0.218. The van der Waals surface area contributed by atoms with Crippen LogP contribution in [0.5, 0.6) is 0 Å². The fourth-order valence-corrected chi connectivity index (χ4v) is 1.78. The summed E-state index contributed by atoms with van der Waals surface area (Å²) in [6.45, 7) is 5.04. The third-order valence-electron chi connectivity index (χ3n) is 2.97. The highest BCUT2D eigenvalue weighted by Crippen LogP contribution is 2.16. The maximum atomic E-state index is 9.79. The minimum atomic E-state index is -0.431. The van der Waals surface area contributed by atoms with Gasteiger partial charge in [0.15, 0.2) is 0 Å². The van der Waals surface area contributed by atoms with Crippen LogP contribution in [0.15, 0.2) is 0 Å². The fraction of sp³-hybridized carbons (Fsp3) is 1.00. The molecule has 2 atom stereocenters. The van der Waals surface area contributed by atoms with Crippen LogP contribution in [-0.4, -0.2) is 77.8 Å². The smallest absolute Gasteiger partial charge is 0.0824 e. The highest BCUT2D eigenvalue weighted by atomic mass is 16.6. The van der Waals surface area contributed by atoms with Crippen molar-refractivity contribution in [2.24, 2.45) is 5.92 Å². The Morgan fingerprint density at radius 1 is 1.05 bits per heavy atom. The molecule has 0 spiro atoms. The summed E-state index contributed by atoms with van der Waals surface area (Å²) in [6.07, 6.45) is 0.486. The van der Waals surface area contributed by atoms with Gasteiger partial charge in [0.1, 0.15) is 0 Å². The molecule has 0 aliphatic carbocycles. The van der Waals surface area contributed by atoms with Gasteiger partial charge in [0.05, 0.1) is 59.0 Å². The van der Waals surface area contributed by atoms with Crippen molar-refractivity contribution in [3.8, 4) is 0 Å². The average Bonchev–Trinajstić information content (AvgIpc) is 2.95. The second kappa shape index (κ2) is 11.6. The predicted octanol–water partition coefficient (Wildman–Crippen LogP) is 0.0800. The minimum Gasteiger partial charge on any atom is -0.390 e. The Bertz CT molecular complexity index is 196. The molecule has 19 heavy (non-hydrogen) atoms. The van der Waals surface area contributed by atoms with E-state index in [0.29, 0.717) is 52.9 Å². The molecule has 0 radical (unpaired) electrons. The second-order valence-electron chi connectivity index (χ2n) is 4.48. The van der Waals surface area contributed by atoms with Crippen LogP contribution in [0.2, 0.25) is 0 Å². The minimum absolute atomic E-state index is 0.218. The van der Waals surface area contributed by atoms with Crippen molar-refractivity contribution in [1.82, 2.24) is 0 Å². The van der Waals surface area contributed by atoms with E-state index < -0.39 is 6.10 Å². The lowest BCUT2D eigenvalue weighted by atomic mass is 10.0. The Kier molecular flexibility index (Phi) is 10.2. The van der Waals surface area contributed by atoms with Gasteiger partial charge >= 0.3 is 0 Å². The summed E-state index contributed by atoms with van der Waals surface area (Å²) >= 11 is 0. The van der Waals surface area contributed by atoms with Gasteiger partial charge in [-0.3, -0.25) is 0 Å². The van der Waals surface area contributed by atoms with Crippen LogP contribution in [0.25, 0.3) is 0 Å². The molecular weight excluding hydrogens is 252 g/mol. The van der Waals surface area contributed by atoms with Crippen LogP contribution in [0.1, 0.15) is 6.42 Å². The van der Waals surface area contributed by atoms with Crippen LogP contribution >= 0.6 is 0 Å². The van der Waals surface area contributed by atoms with E-state index in [9.17, 15) is 5.11 Å². The topological polar surface area (TPSA) is 66.4 Å². The van der Waals surface area contributed by atoms with Crippen molar-refractivity contribution in [3.05, 3.63) is 0 Å². The van der Waals surface area contributed by atoms with Gasteiger partial charge in [-0.1, -0.05) is 0 Å². The van der Waals surface area contributed by atoms with Crippen molar-refractivity contribution < 1.29 is 28.8 Å². The molecular formula is C13H26O6. The SMILES string of the molecule is COCCOCCOCCOCC(O)C1CCOC1.